The van der Waals surface area contributed by atoms with E-state index in [0.29, 0.717) is 13.1 Å². The maximum Gasteiger partial charge on any atom is 0.307 e. The lowest BCUT2D eigenvalue weighted by molar-refractivity contribution is -0.151. The molecule has 0 radical (unpaired) electrons. The lowest BCUT2D eigenvalue weighted by Gasteiger charge is -2.39. The minimum Gasteiger partial charge on any atom is -0.458 e. The Labute approximate surface area is 141 Å². The number of ether oxygens (including phenoxy) is 1. The van der Waals surface area contributed by atoms with Gasteiger partial charge in [0.2, 0.25) is 5.91 Å². The molecule has 1 atom stereocenters. The lowest BCUT2D eigenvalue weighted by Crippen LogP contribution is -2.53. The number of aromatic nitrogens is 1. The van der Waals surface area contributed by atoms with Crippen LogP contribution in [0.1, 0.15) is 32.1 Å². The summed E-state index contributed by atoms with van der Waals surface area (Å²) < 4.78 is 5.62. The van der Waals surface area contributed by atoms with Gasteiger partial charge in [-0.1, -0.05) is 0 Å². The van der Waals surface area contributed by atoms with Crippen LogP contribution in [0.25, 0.3) is 0 Å². The molecule has 1 aromatic heterocycles. The molecule has 4 rings (SSSR count). The second-order valence-electron chi connectivity index (χ2n) is 7.02. The van der Waals surface area contributed by atoms with Crippen LogP contribution in [0.3, 0.4) is 0 Å². The Morgan fingerprint density at radius 3 is 2.46 bits per heavy atom. The van der Waals surface area contributed by atoms with Gasteiger partial charge in [-0.05, 0) is 37.8 Å². The number of carbonyl (C=O) groups excluding carboxylic acids is 2. The zero-order valence-electron chi connectivity index (χ0n) is 13.8. The molecule has 3 heterocycles. The van der Waals surface area contributed by atoms with Crippen LogP contribution in [0.2, 0.25) is 0 Å². The first-order valence-electron chi connectivity index (χ1n) is 8.84. The van der Waals surface area contributed by atoms with Gasteiger partial charge in [-0.15, -0.1) is 0 Å². The van der Waals surface area contributed by atoms with Gasteiger partial charge in [0, 0.05) is 44.3 Å². The summed E-state index contributed by atoms with van der Waals surface area (Å²) in [4.78, 5) is 33.1. The number of pyridine rings is 1. The molecule has 6 nitrogen and oxygen atoms in total. The Balaban J connectivity index is 1.42. The Morgan fingerprint density at radius 2 is 1.79 bits per heavy atom. The summed E-state index contributed by atoms with van der Waals surface area (Å²) in [5, 5.41) is 0. The summed E-state index contributed by atoms with van der Waals surface area (Å²) in [6, 6.07) is 3.99. The van der Waals surface area contributed by atoms with Gasteiger partial charge in [-0.3, -0.25) is 14.6 Å². The molecule has 1 aliphatic carbocycles. The first-order valence-corrected chi connectivity index (χ1v) is 8.84. The van der Waals surface area contributed by atoms with Gasteiger partial charge in [0.25, 0.3) is 0 Å². The monoisotopic (exact) mass is 329 g/mol. The maximum atomic E-state index is 13.0. The normalized spacial score (nSPS) is 26.0. The molecule has 2 saturated heterocycles. The molecule has 1 amide bonds. The van der Waals surface area contributed by atoms with Gasteiger partial charge in [0.15, 0.2) is 0 Å². The molecule has 3 aliphatic rings. The van der Waals surface area contributed by atoms with E-state index in [4.69, 9.17) is 4.74 Å². The first kappa shape index (κ1) is 15.4. The van der Waals surface area contributed by atoms with E-state index in [1.807, 2.05) is 17.0 Å². The van der Waals surface area contributed by atoms with Gasteiger partial charge in [0.05, 0.1) is 12.3 Å². The Hall–Kier alpha value is -2.11. The van der Waals surface area contributed by atoms with E-state index in [1.165, 1.54) is 0 Å². The van der Waals surface area contributed by atoms with Gasteiger partial charge in [-0.2, -0.15) is 0 Å². The summed E-state index contributed by atoms with van der Waals surface area (Å²) in [7, 11) is 0. The van der Waals surface area contributed by atoms with Crippen molar-refractivity contribution < 1.29 is 14.3 Å². The van der Waals surface area contributed by atoms with Crippen LogP contribution in [-0.2, 0) is 14.3 Å². The van der Waals surface area contributed by atoms with E-state index in [-0.39, 0.29) is 24.2 Å². The highest BCUT2D eigenvalue weighted by Gasteiger charge is 2.54. The van der Waals surface area contributed by atoms with Gasteiger partial charge in [0.1, 0.15) is 5.60 Å². The fraction of sp³-hybridized carbons (Fsp3) is 0.611. The quantitative estimate of drug-likeness (QED) is 0.771. The summed E-state index contributed by atoms with van der Waals surface area (Å²) in [6.45, 7) is 3.01. The van der Waals surface area contributed by atoms with Crippen molar-refractivity contribution in [2.75, 3.05) is 31.1 Å². The van der Waals surface area contributed by atoms with Crippen molar-refractivity contribution in [1.29, 1.82) is 0 Å². The summed E-state index contributed by atoms with van der Waals surface area (Å²) in [5.74, 6) is -0.372. The first-order chi connectivity index (χ1) is 11.7. The maximum absolute atomic E-state index is 13.0. The molecule has 0 aromatic carbocycles. The molecule has 0 N–H and O–H groups in total. The highest BCUT2D eigenvalue weighted by Crippen LogP contribution is 2.46. The van der Waals surface area contributed by atoms with Gasteiger partial charge < -0.3 is 14.5 Å². The molecular formula is C18H23N3O3. The molecule has 2 aliphatic heterocycles. The Bertz CT molecular complexity index is 620. The van der Waals surface area contributed by atoms with E-state index < -0.39 is 5.60 Å². The predicted octanol–water partition coefficient (Wildman–Crippen LogP) is 1.61. The van der Waals surface area contributed by atoms with Crippen LogP contribution in [0.15, 0.2) is 24.5 Å². The third-order valence-electron chi connectivity index (χ3n) is 5.69. The summed E-state index contributed by atoms with van der Waals surface area (Å²) >= 11 is 0. The molecule has 1 aromatic rings. The average molecular weight is 329 g/mol. The molecule has 1 saturated carbocycles. The standard InChI is InChI=1S/C18H23N3O3/c22-16-13-15(18(24-16)5-1-2-6-18)17(23)21-11-9-20(10-12-21)14-3-7-19-8-4-14/h3-4,7-8,15H,1-2,5-6,9-13H2/t15-/m1/s1. The van der Waals surface area contributed by atoms with E-state index in [1.54, 1.807) is 12.4 Å². The third kappa shape index (κ3) is 2.64. The van der Waals surface area contributed by atoms with Gasteiger partial charge >= 0.3 is 5.97 Å². The van der Waals surface area contributed by atoms with Crippen LogP contribution in [0, 0.1) is 5.92 Å². The van der Waals surface area contributed by atoms with E-state index in [2.05, 4.69) is 9.88 Å². The zero-order valence-corrected chi connectivity index (χ0v) is 13.8. The summed E-state index contributed by atoms with van der Waals surface area (Å²) in [6.07, 6.45) is 7.61. The number of rotatable bonds is 2. The highest BCUT2D eigenvalue weighted by atomic mass is 16.6. The third-order valence-corrected chi connectivity index (χ3v) is 5.69. The van der Waals surface area contributed by atoms with Crippen LogP contribution in [0.5, 0.6) is 0 Å². The Morgan fingerprint density at radius 1 is 1.12 bits per heavy atom. The van der Waals surface area contributed by atoms with E-state index in [9.17, 15) is 9.59 Å². The van der Waals surface area contributed by atoms with Crippen molar-refractivity contribution >= 4 is 17.6 Å². The number of anilines is 1. The van der Waals surface area contributed by atoms with Crippen LogP contribution in [0.4, 0.5) is 5.69 Å². The number of esters is 1. The summed E-state index contributed by atoms with van der Waals surface area (Å²) in [5.41, 5.74) is 0.639. The van der Waals surface area contributed by atoms with Crippen molar-refractivity contribution in [2.24, 2.45) is 5.92 Å². The number of piperazine rings is 1. The lowest BCUT2D eigenvalue weighted by atomic mass is 9.84. The van der Waals surface area contributed by atoms with Crippen molar-refractivity contribution in [1.82, 2.24) is 9.88 Å². The molecule has 1 spiro atoms. The highest BCUT2D eigenvalue weighted by molar-refractivity contribution is 5.88. The van der Waals surface area contributed by atoms with Crippen molar-refractivity contribution in [3.63, 3.8) is 0 Å². The smallest absolute Gasteiger partial charge is 0.307 e. The number of hydrogen-bond donors (Lipinski definition) is 0. The number of amides is 1. The van der Waals surface area contributed by atoms with Crippen LogP contribution >= 0.6 is 0 Å². The minimum absolute atomic E-state index is 0.108. The predicted molar refractivity (Wildman–Crippen MR) is 88.4 cm³/mol. The topological polar surface area (TPSA) is 62.7 Å². The second kappa shape index (κ2) is 6.07. The second-order valence-corrected chi connectivity index (χ2v) is 7.02. The van der Waals surface area contributed by atoms with Gasteiger partial charge in [-0.25, -0.2) is 0 Å². The van der Waals surface area contributed by atoms with E-state index >= 15 is 0 Å². The fourth-order valence-corrected chi connectivity index (χ4v) is 4.39. The number of carbonyl (C=O) groups is 2. The number of nitrogens with zero attached hydrogens (tertiary/aromatic N) is 3. The SMILES string of the molecule is O=C1C[C@H](C(=O)N2CCN(c3ccncc3)CC2)C2(CCCC2)O1. The molecule has 0 bridgehead atoms. The van der Waals surface area contributed by atoms with E-state index in [0.717, 1.165) is 44.5 Å². The number of hydrogen-bond acceptors (Lipinski definition) is 5. The molecule has 0 unspecified atom stereocenters. The average Bonchev–Trinajstić information content (AvgIpc) is 3.22. The minimum atomic E-state index is -0.504. The molecule has 6 heteroatoms. The zero-order chi connectivity index (χ0) is 16.6. The Kier molecular flexibility index (Phi) is 3.90. The van der Waals surface area contributed by atoms with Crippen molar-refractivity contribution in [3.8, 4) is 0 Å². The molecule has 3 fully saturated rings. The van der Waals surface area contributed by atoms with Crippen molar-refractivity contribution in [2.45, 2.75) is 37.7 Å². The van der Waals surface area contributed by atoms with Crippen LogP contribution < -0.4 is 4.90 Å². The largest absolute Gasteiger partial charge is 0.458 e. The van der Waals surface area contributed by atoms with Crippen LogP contribution in [-0.4, -0.2) is 53.5 Å². The molecule has 24 heavy (non-hydrogen) atoms. The molecule has 128 valence electrons. The molecular weight excluding hydrogens is 306 g/mol. The fourth-order valence-electron chi connectivity index (χ4n) is 4.39. The van der Waals surface area contributed by atoms with Crippen molar-refractivity contribution in [3.05, 3.63) is 24.5 Å².